The van der Waals surface area contributed by atoms with Crippen molar-refractivity contribution in [3.05, 3.63) is 114 Å². The molecule has 5 rings (SSSR count). The highest BCUT2D eigenvalue weighted by atomic mass is 19.4. The number of anilines is 2. The Labute approximate surface area is 278 Å². The molecular formula is C38H39F3N4O3. The summed E-state index contributed by atoms with van der Waals surface area (Å²) in [5.41, 5.74) is 3.73. The van der Waals surface area contributed by atoms with Crippen molar-refractivity contribution >= 4 is 34.3 Å². The minimum atomic E-state index is -4.58. The summed E-state index contributed by atoms with van der Waals surface area (Å²) in [6.45, 7) is 7.97. The van der Waals surface area contributed by atoms with Crippen LogP contribution in [0.3, 0.4) is 0 Å². The quantitative estimate of drug-likeness (QED) is 0.139. The first-order valence-corrected chi connectivity index (χ1v) is 15.9. The average Bonchev–Trinajstić information content (AvgIpc) is 3.38. The Balaban J connectivity index is 1.36. The zero-order valence-corrected chi connectivity index (χ0v) is 27.4. The van der Waals surface area contributed by atoms with Gasteiger partial charge in [0.2, 0.25) is 5.91 Å². The standard InChI is InChI=1S/C38H39F3N4O3/c1-5-6-15-34-43-32-21-20-27(42-23-35(46)44-31-14-10-9-13-30(31)38(39,40)41)22-33(32)45(34)24-25-16-18-26(19-17-25)28-11-7-8-12-29(28)36(47)48-37(2,3)4/h7-14,16-22,42H,5-6,15,23-24H2,1-4H3,(H,44,46). The Bertz CT molecular complexity index is 1910. The normalized spacial score (nSPS) is 11.8. The SMILES string of the molecule is CCCCc1nc2ccc(NCC(=O)Nc3ccccc3C(F)(F)F)cc2n1Cc1ccc(-c2ccccc2C(=O)OC(C)(C)C)cc1. The van der Waals surface area contributed by atoms with Gasteiger partial charge in [0.05, 0.1) is 34.4 Å². The van der Waals surface area contributed by atoms with E-state index in [9.17, 15) is 22.8 Å². The van der Waals surface area contributed by atoms with Crippen LogP contribution in [0.4, 0.5) is 24.5 Å². The number of ether oxygens (including phenoxy) is 1. The molecule has 0 bridgehead atoms. The summed E-state index contributed by atoms with van der Waals surface area (Å²) >= 11 is 0. The van der Waals surface area contributed by atoms with Crippen LogP contribution in [-0.4, -0.2) is 33.6 Å². The molecule has 4 aromatic carbocycles. The molecule has 5 aromatic rings. The van der Waals surface area contributed by atoms with Gasteiger partial charge in [-0.1, -0.05) is 67.9 Å². The van der Waals surface area contributed by atoms with Crippen LogP contribution in [0, 0.1) is 0 Å². The number of amides is 1. The van der Waals surface area contributed by atoms with E-state index in [2.05, 4.69) is 22.1 Å². The summed E-state index contributed by atoms with van der Waals surface area (Å²) in [6.07, 6.45) is -1.82. The third-order valence-electron chi connectivity index (χ3n) is 7.69. The van der Waals surface area contributed by atoms with Crippen molar-refractivity contribution < 1.29 is 27.5 Å². The van der Waals surface area contributed by atoms with Crippen molar-refractivity contribution in [1.29, 1.82) is 0 Å². The van der Waals surface area contributed by atoms with Crippen LogP contribution in [0.1, 0.15) is 67.8 Å². The molecule has 48 heavy (non-hydrogen) atoms. The fourth-order valence-corrected chi connectivity index (χ4v) is 5.42. The molecule has 0 atom stereocenters. The number of unbranched alkanes of at least 4 members (excludes halogenated alkanes) is 1. The van der Waals surface area contributed by atoms with E-state index in [0.717, 1.165) is 58.9 Å². The van der Waals surface area contributed by atoms with Crippen molar-refractivity contribution in [3.63, 3.8) is 0 Å². The summed E-state index contributed by atoms with van der Waals surface area (Å²) in [5.74, 6) is -0.0391. The zero-order valence-electron chi connectivity index (χ0n) is 27.4. The van der Waals surface area contributed by atoms with Crippen molar-refractivity contribution in [2.45, 2.75) is 65.3 Å². The molecule has 0 saturated carbocycles. The van der Waals surface area contributed by atoms with Crippen LogP contribution in [0.15, 0.2) is 91.0 Å². The molecule has 0 fully saturated rings. The number of hydrogen-bond donors (Lipinski definition) is 2. The lowest BCUT2D eigenvalue weighted by Crippen LogP contribution is -2.24. The number of aromatic nitrogens is 2. The molecule has 250 valence electrons. The summed E-state index contributed by atoms with van der Waals surface area (Å²) in [6, 6.07) is 25.9. The smallest absolute Gasteiger partial charge is 0.418 e. The van der Waals surface area contributed by atoms with Crippen LogP contribution < -0.4 is 10.6 Å². The van der Waals surface area contributed by atoms with Gasteiger partial charge in [0.25, 0.3) is 0 Å². The first-order valence-electron chi connectivity index (χ1n) is 15.9. The Hall–Kier alpha value is -5.12. The number of nitrogens with zero attached hydrogens (tertiary/aromatic N) is 2. The number of carbonyl (C=O) groups is 2. The van der Waals surface area contributed by atoms with Crippen molar-refractivity contribution in [3.8, 4) is 11.1 Å². The third kappa shape index (κ3) is 8.42. The van der Waals surface area contributed by atoms with Crippen molar-refractivity contribution in [2.75, 3.05) is 17.2 Å². The number of halogens is 3. The fourth-order valence-electron chi connectivity index (χ4n) is 5.42. The predicted octanol–water partition coefficient (Wildman–Crippen LogP) is 9.12. The van der Waals surface area contributed by atoms with Crippen LogP contribution in [0.5, 0.6) is 0 Å². The van der Waals surface area contributed by atoms with Gasteiger partial charge < -0.3 is 19.9 Å². The maximum absolute atomic E-state index is 13.4. The van der Waals surface area contributed by atoms with E-state index >= 15 is 0 Å². The minimum absolute atomic E-state index is 0.221. The lowest BCUT2D eigenvalue weighted by atomic mass is 9.98. The molecule has 1 amide bonds. The average molecular weight is 657 g/mol. The van der Waals surface area contributed by atoms with Gasteiger partial charge in [-0.3, -0.25) is 4.79 Å². The van der Waals surface area contributed by atoms with E-state index < -0.39 is 23.2 Å². The summed E-state index contributed by atoms with van der Waals surface area (Å²) < 4.78 is 47.9. The Morgan fingerprint density at radius 1 is 0.896 bits per heavy atom. The number of hydrogen-bond acceptors (Lipinski definition) is 5. The molecule has 1 heterocycles. The topological polar surface area (TPSA) is 85.3 Å². The number of alkyl halides is 3. The minimum Gasteiger partial charge on any atom is -0.456 e. The molecule has 0 radical (unpaired) electrons. The predicted molar refractivity (Wildman–Crippen MR) is 183 cm³/mol. The second kappa shape index (κ2) is 14.3. The number of esters is 1. The van der Waals surface area contributed by atoms with E-state index in [4.69, 9.17) is 9.72 Å². The van der Waals surface area contributed by atoms with Gasteiger partial charge in [0.1, 0.15) is 11.4 Å². The van der Waals surface area contributed by atoms with E-state index in [-0.39, 0.29) is 18.2 Å². The van der Waals surface area contributed by atoms with Gasteiger partial charge in [-0.2, -0.15) is 13.2 Å². The van der Waals surface area contributed by atoms with Crippen LogP contribution in [0.25, 0.3) is 22.2 Å². The third-order valence-corrected chi connectivity index (χ3v) is 7.69. The van der Waals surface area contributed by atoms with Crippen LogP contribution >= 0.6 is 0 Å². The number of aryl methyl sites for hydroxylation is 1. The van der Waals surface area contributed by atoms with Crippen molar-refractivity contribution in [2.24, 2.45) is 0 Å². The molecule has 0 saturated heterocycles. The van der Waals surface area contributed by atoms with E-state index in [1.54, 1.807) is 12.1 Å². The molecular weight excluding hydrogens is 617 g/mol. The molecule has 10 heteroatoms. The second-order valence-corrected chi connectivity index (χ2v) is 12.6. The first kappa shape index (κ1) is 34.2. The van der Waals surface area contributed by atoms with Crippen LogP contribution in [-0.2, 0) is 28.7 Å². The highest BCUT2D eigenvalue weighted by Gasteiger charge is 2.33. The van der Waals surface area contributed by atoms with Gasteiger partial charge in [0, 0.05) is 18.7 Å². The van der Waals surface area contributed by atoms with Crippen LogP contribution in [0.2, 0.25) is 0 Å². The number of nitrogens with one attached hydrogen (secondary N) is 2. The summed E-state index contributed by atoms with van der Waals surface area (Å²) in [7, 11) is 0. The molecule has 0 aliphatic carbocycles. The second-order valence-electron chi connectivity index (χ2n) is 12.6. The van der Waals surface area contributed by atoms with E-state index in [1.807, 2.05) is 75.4 Å². The maximum Gasteiger partial charge on any atom is 0.418 e. The lowest BCUT2D eigenvalue weighted by molar-refractivity contribution is -0.137. The van der Waals surface area contributed by atoms with Gasteiger partial charge >= 0.3 is 12.1 Å². The maximum atomic E-state index is 13.4. The molecule has 1 aromatic heterocycles. The molecule has 0 aliphatic rings. The highest BCUT2D eigenvalue weighted by molar-refractivity contribution is 5.97. The molecule has 7 nitrogen and oxygen atoms in total. The van der Waals surface area contributed by atoms with Gasteiger partial charge in [-0.05, 0) is 80.3 Å². The first-order chi connectivity index (χ1) is 22.8. The molecule has 0 spiro atoms. The van der Waals surface area contributed by atoms with E-state index in [0.29, 0.717) is 17.8 Å². The van der Waals surface area contributed by atoms with E-state index in [1.165, 1.54) is 18.2 Å². The van der Waals surface area contributed by atoms with Gasteiger partial charge in [-0.15, -0.1) is 0 Å². The number of para-hydroxylation sites is 1. The van der Waals surface area contributed by atoms with Gasteiger partial charge in [-0.25, -0.2) is 9.78 Å². The number of benzene rings is 4. The monoisotopic (exact) mass is 656 g/mol. The van der Waals surface area contributed by atoms with Crippen molar-refractivity contribution in [1.82, 2.24) is 9.55 Å². The molecule has 0 unspecified atom stereocenters. The number of rotatable bonds is 11. The zero-order chi connectivity index (χ0) is 34.5. The molecule has 2 N–H and O–H groups in total. The summed E-state index contributed by atoms with van der Waals surface area (Å²) in [4.78, 5) is 30.4. The Morgan fingerprint density at radius 3 is 2.31 bits per heavy atom. The number of carbonyl (C=O) groups excluding carboxylic acids is 2. The Kier molecular flexibility index (Phi) is 10.2. The fraction of sp³-hybridized carbons (Fsp3) is 0.289. The number of fused-ring (bicyclic) bond motifs is 1. The lowest BCUT2D eigenvalue weighted by Gasteiger charge is -2.20. The Morgan fingerprint density at radius 2 is 1.60 bits per heavy atom. The summed E-state index contributed by atoms with van der Waals surface area (Å²) in [5, 5.41) is 5.41. The molecule has 0 aliphatic heterocycles. The largest absolute Gasteiger partial charge is 0.456 e. The van der Waals surface area contributed by atoms with Gasteiger partial charge in [0.15, 0.2) is 0 Å². The number of imidazole rings is 1. The highest BCUT2D eigenvalue weighted by Crippen LogP contribution is 2.34.